The maximum atomic E-state index is 13.2. The minimum atomic E-state index is -0.537. The topological polar surface area (TPSA) is 92.3 Å². The minimum Gasteiger partial charge on any atom is -0.496 e. The molecule has 0 aliphatic carbocycles. The van der Waals surface area contributed by atoms with Gasteiger partial charge in [-0.05, 0) is 23.8 Å². The van der Waals surface area contributed by atoms with Gasteiger partial charge in [0.05, 0.1) is 24.7 Å². The van der Waals surface area contributed by atoms with Crippen LogP contribution in [0.15, 0.2) is 78.9 Å². The van der Waals surface area contributed by atoms with Crippen molar-refractivity contribution in [2.45, 2.75) is 13.2 Å². The average Bonchev–Trinajstić information content (AvgIpc) is 3.12. The standard InChI is InChI=1S/C26H22N4O3/c1-32-21-14-8-5-11-18(21)15-30-24(27)22(26(31)33-16-17-9-3-2-4-10-17)23-25(30)29-20-13-7-6-12-19(20)28-23/h2-14H,15-16,27H2,1H3. The first-order valence-electron chi connectivity index (χ1n) is 10.5. The Hall–Kier alpha value is -4.39. The van der Waals surface area contributed by atoms with Crippen LogP contribution in [0.25, 0.3) is 22.2 Å². The number of esters is 1. The van der Waals surface area contributed by atoms with E-state index in [2.05, 4.69) is 0 Å². The van der Waals surface area contributed by atoms with Crippen LogP contribution >= 0.6 is 0 Å². The van der Waals surface area contributed by atoms with E-state index in [4.69, 9.17) is 25.2 Å². The lowest BCUT2D eigenvalue weighted by Crippen LogP contribution is -2.11. The third-order valence-corrected chi connectivity index (χ3v) is 5.53. The highest BCUT2D eigenvalue weighted by atomic mass is 16.5. The number of hydrogen-bond acceptors (Lipinski definition) is 6. The number of rotatable bonds is 6. The fourth-order valence-corrected chi connectivity index (χ4v) is 3.88. The van der Waals surface area contributed by atoms with Crippen LogP contribution in [0.4, 0.5) is 5.82 Å². The molecule has 0 saturated carbocycles. The summed E-state index contributed by atoms with van der Waals surface area (Å²) in [5, 5.41) is 0. The molecule has 2 heterocycles. The number of nitrogens with two attached hydrogens (primary N) is 1. The van der Waals surface area contributed by atoms with Gasteiger partial charge in [-0.25, -0.2) is 14.8 Å². The molecule has 0 fully saturated rings. The predicted molar refractivity (Wildman–Crippen MR) is 127 cm³/mol. The SMILES string of the molecule is COc1ccccc1Cn1c(N)c(C(=O)OCc2ccccc2)c2nc3ccccc3nc21. The number of hydrogen-bond donors (Lipinski definition) is 1. The van der Waals surface area contributed by atoms with Crippen LogP contribution in [0.1, 0.15) is 21.5 Å². The predicted octanol–water partition coefficient (Wildman–Crippen LogP) is 4.58. The summed E-state index contributed by atoms with van der Waals surface area (Å²) in [6, 6.07) is 24.7. The largest absolute Gasteiger partial charge is 0.496 e. The second-order valence-electron chi connectivity index (χ2n) is 7.60. The number of ether oxygens (including phenoxy) is 2. The molecule has 0 atom stereocenters. The van der Waals surface area contributed by atoms with Crippen molar-refractivity contribution < 1.29 is 14.3 Å². The molecule has 0 bridgehead atoms. The third kappa shape index (κ3) is 3.85. The van der Waals surface area contributed by atoms with Crippen LogP contribution in [-0.2, 0) is 17.9 Å². The van der Waals surface area contributed by atoms with Gasteiger partial charge in [-0.3, -0.25) is 0 Å². The van der Waals surface area contributed by atoms with Gasteiger partial charge in [0.2, 0.25) is 0 Å². The van der Waals surface area contributed by atoms with Crippen LogP contribution < -0.4 is 10.5 Å². The van der Waals surface area contributed by atoms with Gasteiger partial charge in [0.25, 0.3) is 0 Å². The number of carbonyl (C=O) groups is 1. The molecule has 7 heteroatoms. The Labute approximate surface area is 190 Å². The van der Waals surface area contributed by atoms with Crippen molar-refractivity contribution >= 4 is 34.0 Å². The molecule has 5 aromatic rings. The lowest BCUT2D eigenvalue weighted by molar-refractivity contribution is 0.0476. The zero-order valence-corrected chi connectivity index (χ0v) is 18.1. The van der Waals surface area contributed by atoms with Crippen molar-refractivity contribution in [3.05, 3.63) is 95.6 Å². The van der Waals surface area contributed by atoms with Crippen LogP contribution in [0.3, 0.4) is 0 Å². The van der Waals surface area contributed by atoms with Crippen LogP contribution in [0.5, 0.6) is 5.75 Å². The molecule has 7 nitrogen and oxygen atoms in total. The zero-order valence-electron chi connectivity index (χ0n) is 18.1. The van der Waals surface area contributed by atoms with E-state index in [0.717, 1.165) is 16.9 Å². The first-order chi connectivity index (χ1) is 16.2. The fraction of sp³-hybridized carbons (Fsp3) is 0.115. The third-order valence-electron chi connectivity index (χ3n) is 5.53. The molecule has 2 N–H and O–H groups in total. The fourth-order valence-electron chi connectivity index (χ4n) is 3.88. The molecule has 0 aliphatic rings. The quantitative estimate of drug-likeness (QED) is 0.390. The smallest absolute Gasteiger partial charge is 0.344 e. The van der Waals surface area contributed by atoms with Crippen molar-refractivity contribution in [2.75, 3.05) is 12.8 Å². The normalized spacial score (nSPS) is 11.1. The van der Waals surface area contributed by atoms with E-state index in [-0.39, 0.29) is 18.0 Å². The molecule has 5 rings (SSSR count). The first-order valence-corrected chi connectivity index (χ1v) is 10.5. The van der Waals surface area contributed by atoms with Gasteiger partial charge in [0, 0.05) is 5.56 Å². The lowest BCUT2D eigenvalue weighted by Gasteiger charge is -2.11. The number of aromatic nitrogens is 3. The highest BCUT2D eigenvalue weighted by Crippen LogP contribution is 2.31. The zero-order chi connectivity index (χ0) is 22.8. The molecular formula is C26H22N4O3. The average molecular weight is 438 g/mol. The lowest BCUT2D eigenvalue weighted by atomic mass is 10.2. The van der Waals surface area contributed by atoms with Crippen LogP contribution in [0.2, 0.25) is 0 Å². The number of benzene rings is 3. The molecule has 3 aromatic carbocycles. The van der Waals surface area contributed by atoms with Gasteiger partial charge in [0.15, 0.2) is 5.65 Å². The summed E-state index contributed by atoms with van der Waals surface area (Å²) in [6.45, 7) is 0.505. The highest BCUT2D eigenvalue weighted by Gasteiger charge is 2.25. The van der Waals surface area contributed by atoms with Crippen molar-refractivity contribution in [1.82, 2.24) is 14.5 Å². The van der Waals surface area contributed by atoms with E-state index in [1.165, 1.54) is 0 Å². The summed E-state index contributed by atoms with van der Waals surface area (Å²) in [6.07, 6.45) is 0. The maximum Gasteiger partial charge on any atom is 0.344 e. The Morgan fingerprint density at radius 2 is 1.58 bits per heavy atom. The number of nitrogens with zero attached hydrogens (tertiary/aromatic N) is 3. The second-order valence-corrected chi connectivity index (χ2v) is 7.60. The number of anilines is 1. The van der Waals surface area contributed by atoms with Crippen molar-refractivity contribution in [1.29, 1.82) is 0 Å². The van der Waals surface area contributed by atoms with E-state index < -0.39 is 5.97 Å². The summed E-state index contributed by atoms with van der Waals surface area (Å²) in [7, 11) is 1.62. The number of methoxy groups -OCH3 is 1. The number of nitrogen functional groups attached to an aromatic ring is 1. The summed E-state index contributed by atoms with van der Waals surface area (Å²) in [4.78, 5) is 22.7. The Morgan fingerprint density at radius 1 is 0.909 bits per heavy atom. The van der Waals surface area contributed by atoms with E-state index in [1.54, 1.807) is 11.7 Å². The van der Waals surface area contributed by atoms with E-state index in [9.17, 15) is 4.79 Å². The molecule has 0 saturated heterocycles. The van der Waals surface area contributed by atoms with Gasteiger partial charge in [-0.2, -0.15) is 0 Å². The Bertz CT molecular complexity index is 1460. The van der Waals surface area contributed by atoms with Gasteiger partial charge in [-0.1, -0.05) is 60.7 Å². The maximum absolute atomic E-state index is 13.2. The van der Waals surface area contributed by atoms with Crippen LogP contribution in [0, 0.1) is 0 Å². The van der Waals surface area contributed by atoms with E-state index >= 15 is 0 Å². The van der Waals surface area contributed by atoms with Crippen molar-refractivity contribution in [2.24, 2.45) is 0 Å². The Kier molecular flexibility index (Phi) is 5.36. The van der Waals surface area contributed by atoms with Crippen molar-refractivity contribution in [3.8, 4) is 5.75 Å². The van der Waals surface area contributed by atoms with Gasteiger partial charge in [-0.15, -0.1) is 0 Å². The Balaban J connectivity index is 1.62. The minimum absolute atomic E-state index is 0.138. The monoisotopic (exact) mass is 438 g/mol. The van der Waals surface area contributed by atoms with Crippen molar-refractivity contribution in [3.63, 3.8) is 0 Å². The molecule has 33 heavy (non-hydrogen) atoms. The summed E-state index contributed by atoms with van der Waals surface area (Å²) in [5.41, 5.74) is 10.9. The summed E-state index contributed by atoms with van der Waals surface area (Å²) < 4.78 is 12.9. The van der Waals surface area contributed by atoms with E-state index in [1.807, 2.05) is 78.9 Å². The van der Waals surface area contributed by atoms with Crippen LogP contribution in [-0.4, -0.2) is 27.6 Å². The number of para-hydroxylation sites is 3. The van der Waals surface area contributed by atoms with E-state index in [0.29, 0.717) is 28.7 Å². The first kappa shape index (κ1) is 20.5. The molecule has 0 radical (unpaired) electrons. The van der Waals surface area contributed by atoms with Gasteiger partial charge >= 0.3 is 5.97 Å². The molecular weight excluding hydrogens is 416 g/mol. The second kappa shape index (κ2) is 8.63. The number of carbonyl (C=O) groups excluding carboxylic acids is 1. The number of fused-ring (bicyclic) bond motifs is 2. The molecule has 0 aliphatic heterocycles. The Morgan fingerprint density at radius 3 is 2.33 bits per heavy atom. The molecule has 0 unspecified atom stereocenters. The summed E-state index contributed by atoms with van der Waals surface area (Å²) in [5.74, 6) is 0.440. The highest BCUT2D eigenvalue weighted by molar-refractivity contribution is 6.08. The summed E-state index contributed by atoms with van der Waals surface area (Å²) >= 11 is 0. The van der Waals surface area contributed by atoms with Gasteiger partial charge < -0.3 is 19.8 Å². The molecule has 0 amide bonds. The molecule has 2 aromatic heterocycles. The molecule has 164 valence electrons. The molecule has 0 spiro atoms. The van der Waals surface area contributed by atoms with Gasteiger partial charge in [0.1, 0.15) is 29.3 Å².